The number of amides is 1. The number of carbonyl (C=O) groups is 1. The van der Waals surface area contributed by atoms with Crippen molar-refractivity contribution in [3.8, 4) is 0 Å². The number of hydrogen-bond acceptors (Lipinski definition) is 4. The number of nitrogens with zero attached hydrogens (tertiary/aromatic N) is 3. The first-order valence-corrected chi connectivity index (χ1v) is 5.35. The zero-order valence-electron chi connectivity index (χ0n) is 9.29. The van der Waals surface area contributed by atoms with Gasteiger partial charge >= 0.3 is 0 Å². The van der Waals surface area contributed by atoms with E-state index in [4.69, 9.17) is 0 Å². The molecule has 0 radical (unpaired) electrons. The van der Waals surface area contributed by atoms with Crippen molar-refractivity contribution in [3.05, 3.63) is 48.4 Å². The molecular weight excluding hydrogens is 230 g/mol. The lowest BCUT2D eigenvalue weighted by Crippen LogP contribution is -2.12. The number of benzene rings is 1. The maximum atomic E-state index is 11.9. The second-order valence-electron chi connectivity index (χ2n) is 3.68. The van der Waals surface area contributed by atoms with Crippen LogP contribution in [-0.2, 0) is 0 Å². The maximum Gasteiger partial charge on any atom is 0.256 e. The number of hydrogen-bond donors (Lipinski definition) is 2. The van der Waals surface area contributed by atoms with Crippen LogP contribution < -0.4 is 5.32 Å². The lowest BCUT2D eigenvalue weighted by atomic mass is 10.2. The highest BCUT2D eigenvalue weighted by Gasteiger charge is 2.11. The summed E-state index contributed by atoms with van der Waals surface area (Å²) in [5.74, 6) is 0.184. The molecule has 3 rings (SSSR count). The molecule has 0 fully saturated rings. The van der Waals surface area contributed by atoms with Crippen molar-refractivity contribution >= 4 is 22.8 Å². The molecule has 2 aromatic heterocycles. The second-order valence-corrected chi connectivity index (χ2v) is 3.68. The third-order valence-electron chi connectivity index (χ3n) is 2.49. The van der Waals surface area contributed by atoms with Crippen molar-refractivity contribution in [2.75, 3.05) is 5.32 Å². The zero-order chi connectivity index (χ0) is 12.4. The summed E-state index contributed by atoms with van der Waals surface area (Å²) < 4.78 is 0. The molecule has 0 atom stereocenters. The minimum atomic E-state index is -0.220. The van der Waals surface area contributed by atoms with E-state index in [2.05, 4.69) is 25.5 Å². The van der Waals surface area contributed by atoms with Gasteiger partial charge in [-0.2, -0.15) is 5.10 Å². The highest BCUT2D eigenvalue weighted by molar-refractivity contribution is 6.06. The molecule has 0 aliphatic carbocycles. The Morgan fingerprint density at radius 3 is 2.89 bits per heavy atom. The molecule has 0 spiro atoms. The predicted molar refractivity (Wildman–Crippen MR) is 66.1 cm³/mol. The van der Waals surface area contributed by atoms with Gasteiger partial charge in [0.25, 0.3) is 5.91 Å². The van der Waals surface area contributed by atoms with Gasteiger partial charge in [-0.3, -0.25) is 9.89 Å². The van der Waals surface area contributed by atoms with E-state index in [0.717, 1.165) is 0 Å². The average Bonchev–Trinajstić information content (AvgIpc) is 2.83. The van der Waals surface area contributed by atoms with Crippen LogP contribution in [0, 0.1) is 0 Å². The number of carbonyl (C=O) groups excluding carboxylic acids is 1. The lowest BCUT2D eigenvalue weighted by Gasteiger charge is -2.01. The Morgan fingerprint density at radius 2 is 2.06 bits per heavy atom. The topological polar surface area (TPSA) is 83.6 Å². The van der Waals surface area contributed by atoms with Crippen molar-refractivity contribution < 1.29 is 4.79 Å². The molecule has 1 aromatic carbocycles. The molecule has 6 heteroatoms. The molecule has 6 nitrogen and oxygen atoms in total. The summed E-state index contributed by atoms with van der Waals surface area (Å²) in [5.41, 5.74) is 1.85. The van der Waals surface area contributed by atoms with E-state index in [9.17, 15) is 4.79 Å². The van der Waals surface area contributed by atoms with Gasteiger partial charge in [-0.1, -0.05) is 18.2 Å². The summed E-state index contributed by atoms with van der Waals surface area (Å²) in [6.07, 6.45) is 3.02. The number of H-pyrrole nitrogens is 1. The summed E-state index contributed by atoms with van der Waals surface area (Å²) in [7, 11) is 0. The second kappa shape index (κ2) is 4.25. The Labute approximate surface area is 102 Å². The van der Waals surface area contributed by atoms with Gasteiger partial charge in [-0.15, -0.1) is 0 Å². The molecular formula is C12H9N5O. The Morgan fingerprint density at radius 1 is 1.22 bits per heavy atom. The monoisotopic (exact) mass is 239 g/mol. The largest absolute Gasteiger partial charge is 0.303 e. The third-order valence-corrected chi connectivity index (χ3v) is 2.49. The maximum absolute atomic E-state index is 11.9. The van der Waals surface area contributed by atoms with E-state index in [-0.39, 0.29) is 5.91 Å². The number of rotatable bonds is 2. The van der Waals surface area contributed by atoms with Gasteiger partial charge in [0, 0.05) is 5.56 Å². The van der Waals surface area contributed by atoms with E-state index in [1.54, 1.807) is 30.5 Å². The van der Waals surface area contributed by atoms with Gasteiger partial charge in [-0.25, -0.2) is 9.97 Å². The fourth-order valence-electron chi connectivity index (χ4n) is 1.63. The van der Waals surface area contributed by atoms with Gasteiger partial charge < -0.3 is 5.32 Å². The average molecular weight is 239 g/mol. The normalized spacial score (nSPS) is 10.4. The summed E-state index contributed by atoms with van der Waals surface area (Å²) in [4.78, 5) is 19.9. The molecule has 0 unspecified atom stereocenters. The standard InChI is InChI=1S/C12H9N5O/c18-12(8-4-2-1-3-5-8)15-11-10-9(16-17-11)6-13-7-14-10/h1-7H,(H2,15,16,17,18). The van der Waals surface area contributed by atoms with Crippen molar-refractivity contribution in [2.45, 2.75) is 0 Å². The Kier molecular flexibility index (Phi) is 2.45. The molecule has 0 aliphatic rings. The van der Waals surface area contributed by atoms with Crippen LogP contribution in [-0.4, -0.2) is 26.1 Å². The Balaban J connectivity index is 1.91. The highest BCUT2D eigenvalue weighted by atomic mass is 16.1. The third kappa shape index (κ3) is 1.80. The summed E-state index contributed by atoms with van der Waals surface area (Å²) in [6.45, 7) is 0. The van der Waals surface area contributed by atoms with Crippen LogP contribution >= 0.6 is 0 Å². The van der Waals surface area contributed by atoms with Crippen molar-refractivity contribution in [1.29, 1.82) is 0 Å². The molecule has 2 heterocycles. The number of aromatic nitrogens is 4. The summed E-state index contributed by atoms with van der Waals surface area (Å²) in [5, 5.41) is 9.47. The molecule has 0 bridgehead atoms. The molecule has 88 valence electrons. The van der Waals surface area contributed by atoms with Crippen molar-refractivity contribution in [2.24, 2.45) is 0 Å². The molecule has 3 aromatic rings. The fraction of sp³-hybridized carbons (Fsp3) is 0. The predicted octanol–water partition coefficient (Wildman–Crippen LogP) is 1.61. The van der Waals surface area contributed by atoms with E-state index in [1.165, 1.54) is 6.33 Å². The van der Waals surface area contributed by atoms with Crippen LogP contribution in [0.5, 0.6) is 0 Å². The molecule has 0 saturated heterocycles. The molecule has 18 heavy (non-hydrogen) atoms. The van der Waals surface area contributed by atoms with Gasteiger partial charge in [-0.05, 0) is 12.1 Å². The van der Waals surface area contributed by atoms with Gasteiger partial charge in [0.1, 0.15) is 17.4 Å². The van der Waals surface area contributed by atoms with Gasteiger partial charge in [0.05, 0.1) is 6.20 Å². The van der Waals surface area contributed by atoms with Crippen LogP contribution in [0.3, 0.4) is 0 Å². The summed E-state index contributed by atoms with van der Waals surface area (Å²) >= 11 is 0. The minimum Gasteiger partial charge on any atom is -0.303 e. The highest BCUT2D eigenvalue weighted by Crippen LogP contribution is 2.16. The van der Waals surface area contributed by atoms with E-state index in [0.29, 0.717) is 22.4 Å². The van der Waals surface area contributed by atoms with Gasteiger partial charge in [0.2, 0.25) is 0 Å². The number of anilines is 1. The van der Waals surface area contributed by atoms with Gasteiger partial charge in [0.15, 0.2) is 5.82 Å². The molecule has 1 amide bonds. The van der Waals surface area contributed by atoms with Crippen LogP contribution in [0.25, 0.3) is 11.0 Å². The molecule has 0 saturated carbocycles. The van der Waals surface area contributed by atoms with Crippen LogP contribution in [0.15, 0.2) is 42.9 Å². The number of fused-ring (bicyclic) bond motifs is 1. The van der Waals surface area contributed by atoms with E-state index < -0.39 is 0 Å². The quantitative estimate of drug-likeness (QED) is 0.711. The van der Waals surface area contributed by atoms with E-state index in [1.807, 2.05) is 6.07 Å². The van der Waals surface area contributed by atoms with Crippen LogP contribution in [0.1, 0.15) is 10.4 Å². The number of nitrogens with one attached hydrogen (secondary N) is 2. The van der Waals surface area contributed by atoms with Crippen molar-refractivity contribution in [1.82, 2.24) is 20.2 Å². The first-order valence-electron chi connectivity index (χ1n) is 5.35. The van der Waals surface area contributed by atoms with Crippen molar-refractivity contribution in [3.63, 3.8) is 0 Å². The van der Waals surface area contributed by atoms with Crippen LogP contribution in [0.2, 0.25) is 0 Å². The Bertz CT molecular complexity index is 692. The minimum absolute atomic E-state index is 0.220. The smallest absolute Gasteiger partial charge is 0.256 e. The first-order chi connectivity index (χ1) is 8.84. The zero-order valence-corrected chi connectivity index (χ0v) is 9.29. The lowest BCUT2D eigenvalue weighted by molar-refractivity contribution is 0.102. The fourth-order valence-corrected chi connectivity index (χ4v) is 1.63. The number of aromatic amines is 1. The van der Waals surface area contributed by atoms with E-state index >= 15 is 0 Å². The Hall–Kier alpha value is -2.76. The molecule has 0 aliphatic heterocycles. The SMILES string of the molecule is O=C(Nc1n[nH]c2cncnc12)c1ccccc1. The van der Waals surface area contributed by atoms with Crippen LogP contribution in [0.4, 0.5) is 5.82 Å². The molecule has 2 N–H and O–H groups in total. The summed E-state index contributed by atoms with van der Waals surface area (Å²) in [6, 6.07) is 8.94. The first kappa shape index (κ1) is 10.4.